The number of nitrogens with two attached hydrogens (primary N) is 4. The highest BCUT2D eigenvalue weighted by molar-refractivity contribution is 8.61. The minimum atomic E-state index is -0.887. The molecule has 2 rings (SSSR count). The monoisotopic (exact) mass is 422 g/mol. The summed E-state index contributed by atoms with van der Waals surface area (Å²) < 4.78 is 17.1. The normalized spacial score (nSPS) is 13.1. The average molecular weight is 423 g/mol. The maximum atomic E-state index is 8.56. The highest BCUT2D eigenvalue weighted by Crippen LogP contribution is 2.25. The first-order valence-electron chi connectivity index (χ1n) is 8.94. The van der Waals surface area contributed by atoms with E-state index in [1.165, 1.54) is 0 Å². The van der Waals surface area contributed by atoms with Crippen LogP contribution in [-0.2, 0) is 31.0 Å². The molecule has 2 atom stereocenters. The third kappa shape index (κ3) is 6.48. The van der Waals surface area contributed by atoms with Crippen molar-refractivity contribution in [3.8, 4) is 0 Å². The fourth-order valence-electron chi connectivity index (χ4n) is 2.65. The van der Waals surface area contributed by atoms with Crippen LogP contribution in [0.25, 0.3) is 0 Å². The third-order valence-electron chi connectivity index (χ3n) is 3.99. The van der Waals surface area contributed by atoms with Crippen LogP contribution in [0.3, 0.4) is 0 Å². The third-order valence-corrected chi connectivity index (χ3v) is 7.79. The van der Waals surface area contributed by atoms with E-state index in [2.05, 4.69) is 10.6 Å². The molecule has 0 saturated heterocycles. The topological polar surface area (TPSA) is 176 Å². The first-order valence-corrected chi connectivity index (χ1v) is 12.2. The van der Waals surface area contributed by atoms with E-state index >= 15 is 0 Å². The summed E-state index contributed by atoms with van der Waals surface area (Å²) >= 11 is 0. The Kier molecular flexibility index (Phi) is 8.71. The number of benzene rings is 2. The van der Waals surface area contributed by atoms with Crippen molar-refractivity contribution in [2.24, 2.45) is 11.5 Å². The van der Waals surface area contributed by atoms with Crippen LogP contribution in [-0.4, -0.2) is 26.2 Å². The predicted molar refractivity (Wildman–Crippen MR) is 124 cm³/mol. The lowest BCUT2D eigenvalue weighted by Crippen LogP contribution is -2.15. The first-order chi connectivity index (χ1) is 13.4. The van der Waals surface area contributed by atoms with Gasteiger partial charge in [-0.3, -0.25) is 9.56 Å². The molecule has 2 unspecified atom stereocenters. The molecule has 0 aliphatic rings. The quantitative estimate of drug-likeness (QED) is 0.203. The van der Waals surface area contributed by atoms with Gasteiger partial charge in [-0.15, -0.1) is 0 Å². The Morgan fingerprint density at radius 3 is 1.46 bits per heavy atom. The predicted octanol–water partition coefficient (Wildman–Crippen LogP) is 1.97. The Morgan fingerprint density at radius 2 is 1.11 bits per heavy atom. The van der Waals surface area contributed by atoms with Crippen molar-refractivity contribution in [3.63, 3.8) is 0 Å². The van der Waals surface area contributed by atoms with E-state index in [1.54, 1.807) is 0 Å². The second-order valence-electron chi connectivity index (χ2n) is 6.24. The van der Waals surface area contributed by atoms with E-state index in [4.69, 9.17) is 32.5 Å². The van der Waals surface area contributed by atoms with Crippen molar-refractivity contribution in [1.82, 2.24) is 0 Å². The maximum Gasteiger partial charge on any atom is 0.0418 e. The fourth-order valence-corrected chi connectivity index (χ4v) is 5.59. The summed E-state index contributed by atoms with van der Waals surface area (Å²) in [7, 11) is -1.77. The Balaban J connectivity index is 2.13. The van der Waals surface area contributed by atoms with Gasteiger partial charge in [0.05, 0.1) is 0 Å². The average Bonchev–Trinajstić information content (AvgIpc) is 2.66. The zero-order chi connectivity index (χ0) is 20.5. The summed E-state index contributed by atoms with van der Waals surface area (Å²) in [4.78, 5) is 0. The molecule has 0 amide bonds. The zero-order valence-corrected chi connectivity index (χ0v) is 17.5. The molecule has 0 aliphatic carbocycles. The summed E-state index contributed by atoms with van der Waals surface area (Å²) in [5, 5.41) is 6.54. The molecule has 0 aromatic heterocycles. The van der Waals surface area contributed by atoms with Crippen LogP contribution in [0.1, 0.15) is 11.1 Å². The van der Waals surface area contributed by atoms with Gasteiger partial charge in [0.2, 0.25) is 0 Å². The van der Waals surface area contributed by atoms with Crippen molar-refractivity contribution in [2.75, 3.05) is 48.3 Å². The van der Waals surface area contributed by atoms with Gasteiger partial charge in [-0.1, -0.05) is 0 Å². The Hall–Kier alpha value is -2.14. The van der Waals surface area contributed by atoms with Crippen LogP contribution in [0.4, 0.5) is 22.7 Å². The van der Waals surface area contributed by atoms with E-state index in [9.17, 15) is 0 Å². The standard InChI is InChI=1S/C18H30N8S2/c19-5-7-25-17-3-1-15(21)9-13(17)11-27(23)28(24)12-14-10-16(22)2-4-18(14)26-8-6-20/h1-4,9-10,23-26H,5-8,11-12,19-22H2. The number of nitrogen functional groups attached to an aromatic ring is 2. The lowest BCUT2D eigenvalue weighted by molar-refractivity contribution is 1.02. The van der Waals surface area contributed by atoms with E-state index in [0.29, 0.717) is 49.1 Å². The molecule has 0 aliphatic heterocycles. The molecule has 0 radical (unpaired) electrons. The molecule has 8 nitrogen and oxygen atoms in total. The molecule has 28 heavy (non-hydrogen) atoms. The highest BCUT2D eigenvalue weighted by atomic mass is 33.1. The van der Waals surface area contributed by atoms with Gasteiger partial charge in [0.25, 0.3) is 0 Å². The summed E-state index contributed by atoms with van der Waals surface area (Å²) in [5.74, 6) is 0.941. The second-order valence-corrected chi connectivity index (χ2v) is 10.6. The van der Waals surface area contributed by atoms with Gasteiger partial charge in [-0.2, -0.15) is 0 Å². The Morgan fingerprint density at radius 1 is 0.714 bits per heavy atom. The van der Waals surface area contributed by atoms with Gasteiger partial charge in [0.1, 0.15) is 0 Å². The van der Waals surface area contributed by atoms with Crippen molar-refractivity contribution in [3.05, 3.63) is 47.5 Å². The largest absolute Gasteiger partial charge is 0.399 e. The van der Waals surface area contributed by atoms with E-state index in [-0.39, 0.29) is 0 Å². The molecule has 0 saturated carbocycles. The molecule has 2 aromatic rings. The van der Waals surface area contributed by atoms with Gasteiger partial charge >= 0.3 is 0 Å². The lowest BCUT2D eigenvalue weighted by atomic mass is 10.2. The van der Waals surface area contributed by atoms with Gasteiger partial charge < -0.3 is 33.6 Å². The van der Waals surface area contributed by atoms with Crippen LogP contribution in [0.15, 0.2) is 36.4 Å². The number of hydrogen-bond acceptors (Lipinski definition) is 8. The fraction of sp³-hybridized carbons (Fsp3) is 0.333. The van der Waals surface area contributed by atoms with Gasteiger partial charge in [0, 0.05) is 60.4 Å². The molecule has 10 heteroatoms. The minimum absolute atomic E-state index is 0.471. The van der Waals surface area contributed by atoms with Gasteiger partial charge in [-0.25, -0.2) is 0 Å². The van der Waals surface area contributed by atoms with Crippen molar-refractivity contribution in [1.29, 1.82) is 9.56 Å². The smallest absolute Gasteiger partial charge is 0.0418 e. The first kappa shape index (κ1) is 22.2. The summed E-state index contributed by atoms with van der Waals surface area (Å²) in [5.41, 5.74) is 28.1. The molecule has 0 spiro atoms. The molecule has 12 N–H and O–H groups in total. The summed E-state index contributed by atoms with van der Waals surface area (Å²) in [6, 6.07) is 11.2. The van der Waals surface area contributed by atoms with E-state index in [0.717, 1.165) is 22.5 Å². The maximum absolute atomic E-state index is 8.56. The van der Waals surface area contributed by atoms with Gasteiger partial charge in [-0.05, 0) is 67.0 Å². The summed E-state index contributed by atoms with van der Waals surface area (Å²) in [6.45, 7) is 2.34. The number of nitrogens with one attached hydrogen (secondary N) is 4. The molecule has 154 valence electrons. The van der Waals surface area contributed by atoms with Crippen LogP contribution < -0.4 is 33.6 Å². The zero-order valence-electron chi connectivity index (χ0n) is 15.8. The molecular formula is C18H30N8S2. The lowest BCUT2D eigenvalue weighted by Gasteiger charge is -2.16. The molecule has 0 bridgehead atoms. The van der Waals surface area contributed by atoms with Crippen LogP contribution in [0, 0.1) is 9.56 Å². The minimum Gasteiger partial charge on any atom is -0.399 e. The number of rotatable bonds is 11. The molecule has 0 fully saturated rings. The number of anilines is 4. The van der Waals surface area contributed by atoms with Crippen LogP contribution >= 0.6 is 0 Å². The summed E-state index contributed by atoms with van der Waals surface area (Å²) in [6.07, 6.45) is 0. The molecule has 0 heterocycles. The van der Waals surface area contributed by atoms with Crippen molar-refractivity contribution in [2.45, 2.75) is 11.5 Å². The van der Waals surface area contributed by atoms with E-state index < -0.39 is 19.4 Å². The Bertz CT molecular complexity index is 771. The molecule has 2 aromatic carbocycles. The second kappa shape index (κ2) is 11.0. The van der Waals surface area contributed by atoms with Crippen molar-refractivity contribution >= 4 is 42.2 Å². The van der Waals surface area contributed by atoms with E-state index in [1.807, 2.05) is 36.4 Å². The van der Waals surface area contributed by atoms with Crippen LogP contribution in [0.2, 0.25) is 0 Å². The molecular weight excluding hydrogens is 392 g/mol. The highest BCUT2D eigenvalue weighted by Gasteiger charge is 2.11. The number of hydrogen-bond donors (Lipinski definition) is 8. The Labute approximate surface area is 170 Å². The SMILES string of the molecule is N=S(Cc1cc(N)ccc1NCCN)S(=N)Cc1cc(N)ccc1NCCN. The van der Waals surface area contributed by atoms with Crippen LogP contribution in [0.5, 0.6) is 0 Å². The van der Waals surface area contributed by atoms with Crippen molar-refractivity contribution < 1.29 is 0 Å². The van der Waals surface area contributed by atoms with Gasteiger partial charge in [0.15, 0.2) is 0 Å².